The number of amides is 2. The first-order valence-electron chi connectivity index (χ1n) is 9.41. The molecule has 1 rings (SSSR count). The van der Waals surface area contributed by atoms with Crippen LogP contribution in [0.2, 0.25) is 0 Å². The molecule has 0 aliphatic rings. The number of urea groups is 1. The van der Waals surface area contributed by atoms with Gasteiger partial charge in [0.05, 0.1) is 19.2 Å². The van der Waals surface area contributed by atoms with E-state index in [0.29, 0.717) is 6.54 Å². The van der Waals surface area contributed by atoms with Crippen LogP contribution in [0.25, 0.3) is 0 Å². The number of carboxylic acids is 1. The smallest absolute Gasteiger partial charge is 0.336 e. The molecule has 2 unspecified atom stereocenters. The van der Waals surface area contributed by atoms with Crippen molar-refractivity contribution in [3.63, 3.8) is 0 Å². The molecule has 0 aliphatic heterocycles. The van der Waals surface area contributed by atoms with E-state index in [1.54, 1.807) is 6.92 Å². The second-order valence-corrected chi connectivity index (χ2v) is 6.91. The van der Waals surface area contributed by atoms with E-state index in [0.717, 1.165) is 5.56 Å². The molecule has 0 bridgehead atoms. The van der Waals surface area contributed by atoms with E-state index in [2.05, 4.69) is 5.32 Å². The summed E-state index contributed by atoms with van der Waals surface area (Å²) in [6, 6.07) is 8.10. The van der Waals surface area contributed by atoms with Gasteiger partial charge in [0.1, 0.15) is 0 Å². The number of carboxylic acid groups (broad SMARTS) is 1. The highest BCUT2D eigenvalue weighted by Gasteiger charge is 2.26. The van der Waals surface area contributed by atoms with Gasteiger partial charge in [0, 0.05) is 13.0 Å². The van der Waals surface area contributed by atoms with Crippen LogP contribution in [0.5, 0.6) is 0 Å². The highest BCUT2D eigenvalue weighted by atomic mass is 16.5. The zero-order valence-corrected chi connectivity index (χ0v) is 16.6. The first-order chi connectivity index (χ1) is 13.2. The molecule has 1 aromatic rings. The minimum absolute atomic E-state index is 0.102. The van der Waals surface area contributed by atoms with Gasteiger partial charge in [-0.3, -0.25) is 4.79 Å². The molecular weight excluding hydrogens is 364 g/mol. The maximum absolute atomic E-state index is 12.8. The lowest BCUT2D eigenvalue weighted by Gasteiger charge is -2.29. The zero-order valence-electron chi connectivity index (χ0n) is 16.6. The Morgan fingerprint density at radius 2 is 1.79 bits per heavy atom. The maximum Gasteiger partial charge on any atom is 0.336 e. The van der Waals surface area contributed by atoms with E-state index >= 15 is 0 Å². The van der Waals surface area contributed by atoms with Gasteiger partial charge >= 0.3 is 18.0 Å². The second-order valence-electron chi connectivity index (χ2n) is 6.91. The van der Waals surface area contributed by atoms with E-state index in [1.807, 2.05) is 44.2 Å². The topological polar surface area (TPSA) is 116 Å². The predicted octanol–water partition coefficient (Wildman–Crippen LogP) is 2.18. The van der Waals surface area contributed by atoms with Gasteiger partial charge in [-0.15, -0.1) is 0 Å². The van der Waals surface area contributed by atoms with Crippen LogP contribution >= 0.6 is 0 Å². The van der Waals surface area contributed by atoms with Crippen molar-refractivity contribution in [2.24, 2.45) is 5.92 Å². The standard InChI is InChI=1S/C20H30N2O6/c1-4-28-19(26)17(23)13-22(12-14(2)3)20(27)21-16(10-11-18(24)25)15-8-6-5-7-9-15/h5-9,14,16-17,23H,4,10-13H2,1-3H3,(H,21,27)(H,24,25). The Balaban J connectivity index is 2.91. The molecule has 0 fully saturated rings. The summed E-state index contributed by atoms with van der Waals surface area (Å²) in [5.74, 6) is -1.63. The van der Waals surface area contributed by atoms with Gasteiger partial charge in [0.25, 0.3) is 0 Å². The summed E-state index contributed by atoms with van der Waals surface area (Å²) in [5, 5.41) is 21.9. The molecule has 0 saturated heterocycles. The first-order valence-corrected chi connectivity index (χ1v) is 9.41. The number of ether oxygens (including phenoxy) is 1. The Morgan fingerprint density at radius 3 is 2.32 bits per heavy atom. The highest BCUT2D eigenvalue weighted by molar-refractivity contribution is 5.78. The third-order valence-electron chi connectivity index (χ3n) is 3.97. The molecule has 28 heavy (non-hydrogen) atoms. The molecule has 0 spiro atoms. The van der Waals surface area contributed by atoms with Gasteiger partial charge < -0.3 is 25.2 Å². The van der Waals surface area contributed by atoms with Gasteiger partial charge in [-0.2, -0.15) is 0 Å². The first kappa shape index (κ1) is 23.4. The minimum Gasteiger partial charge on any atom is -0.481 e. The number of aliphatic carboxylic acids is 1. The Labute approximate surface area is 165 Å². The molecule has 2 amide bonds. The van der Waals surface area contributed by atoms with Gasteiger partial charge in [-0.1, -0.05) is 44.2 Å². The van der Waals surface area contributed by atoms with Crippen LogP contribution in [0.1, 0.15) is 45.2 Å². The van der Waals surface area contributed by atoms with Crippen molar-refractivity contribution in [2.75, 3.05) is 19.7 Å². The highest BCUT2D eigenvalue weighted by Crippen LogP contribution is 2.19. The molecule has 0 aliphatic carbocycles. The molecule has 156 valence electrons. The molecule has 1 aromatic carbocycles. The number of esters is 1. The maximum atomic E-state index is 12.8. The summed E-state index contributed by atoms with van der Waals surface area (Å²) >= 11 is 0. The van der Waals surface area contributed by atoms with Gasteiger partial charge in [-0.25, -0.2) is 9.59 Å². The Morgan fingerprint density at radius 1 is 1.14 bits per heavy atom. The number of nitrogens with one attached hydrogen (secondary N) is 1. The number of carbonyl (C=O) groups is 3. The fourth-order valence-corrected chi connectivity index (χ4v) is 2.72. The largest absolute Gasteiger partial charge is 0.481 e. The van der Waals surface area contributed by atoms with Crippen LogP contribution in [-0.4, -0.2) is 58.9 Å². The van der Waals surface area contributed by atoms with Gasteiger partial charge in [0.15, 0.2) is 6.10 Å². The quantitative estimate of drug-likeness (QED) is 0.496. The number of nitrogens with zero attached hydrogens (tertiary/aromatic N) is 1. The van der Waals surface area contributed by atoms with E-state index in [1.165, 1.54) is 4.90 Å². The number of aliphatic hydroxyl groups excluding tert-OH is 1. The lowest BCUT2D eigenvalue weighted by atomic mass is 10.0. The molecular formula is C20H30N2O6. The fourth-order valence-electron chi connectivity index (χ4n) is 2.72. The van der Waals surface area contributed by atoms with Crippen molar-refractivity contribution in [2.45, 2.75) is 45.8 Å². The Bertz CT molecular complexity index is 635. The normalized spacial score (nSPS) is 12.9. The predicted molar refractivity (Wildman–Crippen MR) is 104 cm³/mol. The van der Waals surface area contributed by atoms with Crippen LogP contribution in [-0.2, 0) is 14.3 Å². The molecule has 3 N–H and O–H groups in total. The molecule has 0 saturated carbocycles. The number of rotatable bonds is 11. The van der Waals surface area contributed by atoms with Crippen molar-refractivity contribution in [3.05, 3.63) is 35.9 Å². The van der Waals surface area contributed by atoms with E-state index in [9.17, 15) is 19.5 Å². The molecule has 0 heterocycles. The molecule has 0 aromatic heterocycles. The molecule has 8 heteroatoms. The van der Waals surface area contributed by atoms with Crippen molar-refractivity contribution in [3.8, 4) is 0 Å². The summed E-state index contributed by atoms with van der Waals surface area (Å²) in [4.78, 5) is 36.9. The third-order valence-corrected chi connectivity index (χ3v) is 3.97. The monoisotopic (exact) mass is 394 g/mol. The zero-order chi connectivity index (χ0) is 21.1. The van der Waals surface area contributed by atoms with E-state index < -0.39 is 30.1 Å². The number of hydrogen-bond acceptors (Lipinski definition) is 5. The van der Waals surface area contributed by atoms with E-state index in [4.69, 9.17) is 9.84 Å². The third kappa shape index (κ3) is 8.39. The Kier molecular flexibility index (Phi) is 10.0. The van der Waals surface area contributed by atoms with Crippen LogP contribution in [0.3, 0.4) is 0 Å². The van der Waals surface area contributed by atoms with Gasteiger partial charge in [0.2, 0.25) is 0 Å². The summed E-state index contributed by atoms with van der Waals surface area (Å²) in [6.07, 6.45) is -1.32. The molecule has 2 atom stereocenters. The van der Waals surface area contributed by atoms with E-state index in [-0.39, 0.29) is 31.9 Å². The Hall–Kier alpha value is -2.61. The lowest BCUT2D eigenvalue weighted by molar-refractivity contribution is -0.153. The van der Waals surface area contributed by atoms with Crippen LogP contribution < -0.4 is 5.32 Å². The average Bonchev–Trinajstić information content (AvgIpc) is 2.64. The number of carbonyl (C=O) groups excluding carboxylic acids is 2. The van der Waals surface area contributed by atoms with Gasteiger partial charge in [-0.05, 0) is 24.8 Å². The number of hydrogen-bond donors (Lipinski definition) is 3. The summed E-state index contributed by atoms with van der Waals surface area (Å²) in [5.41, 5.74) is 0.785. The van der Waals surface area contributed by atoms with Crippen molar-refractivity contribution in [1.82, 2.24) is 10.2 Å². The molecule has 8 nitrogen and oxygen atoms in total. The fraction of sp³-hybridized carbons (Fsp3) is 0.550. The SMILES string of the molecule is CCOC(=O)C(O)CN(CC(C)C)C(=O)NC(CCC(=O)O)c1ccccc1. The van der Waals surface area contributed by atoms with Crippen LogP contribution in [0.4, 0.5) is 4.79 Å². The van der Waals surface area contributed by atoms with Crippen LogP contribution in [0, 0.1) is 5.92 Å². The van der Waals surface area contributed by atoms with Crippen molar-refractivity contribution in [1.29, 1.82) is 0 Å². The second kappa shape index (κ2) is 12.0. The minimum atomic E-state index is -1.45. The van der Waals surface area contributed by atoms with Crippen LogP contribution in [0.15, 0.2) is 30.3 Å². The van der Waals surface area contributed by atoms with Crippen molar-refractivity contribution < 1.29 is 29.3 Å². The average molecular weight is 394 g/mol. The number of benzene rings is 1. The summed E-state index contributed by atoms with van der Waals surface area (Å²) < 4.78 is 4.79. The number of aliphatic hydroxyl groups is 1. The summed E-state index contributed by atoms with van der Waals surface area (Å²) in [6.45, 7) is 5.71. The molecule has 0 radical (unpaired) electrons. The lowest BCUT2D eigenvalue weighted by Crippen LogP contribution is -2.48. The summed E-state index contributed by atoms with van der Waals surface area (Å²) in [7, 11) is 0. The van der Waals surface area contributed by atoms with Crippen molar-refractivity contribution >= 4 is 18.0 Å².